The zero-order valence-electron chi connectivity index (χ0n) is 10.2. The van der Waals surface area contributed by atoms with Crippen molar-refractivity contribution in [3.05, 3.63) is 45.5 Å². The molecule has 0 N–H and O–H groups in total. The standard InChI is InChI=1S/2C7H11.Ni/c2*1-3-5-7-6-4-2;/h2*3,5,7H,4H2,1-2H3;/b2*5-3+,7-6?;. The molecule has 0 nitrogen and oxygen atoms in total. The second-order valence-corrected chi connectivity index (χ2v) is 4.50. The Balaban J connectivity index is 4.50. The molecule has 0 atom stereocenters. The van der Waals surface area contributed by atoms with Crippen LogP contribution < -0.4 is 0 Å². The second kappa shape index (κ2) is 9.99. The van der Waals surface area contributed by atoms with Gasteiger partial charge in [-0.1, -0.05) is 0 Å². The summed E-state index contributed by atoms with van der Waals surface area (Å²) in [6, 6.07) is 0. The monoisotopic (exact) mass is 248 g/mol. The van der Waals surface area contributed by atoms with E-state index >= 15 is 0 Å². The van der Waals surface area contributed by atoms with E-state index in [0.717, 1.165) is 12.8 Å². The molecule has 0 spiro atoms. The first kappa shape index (κ1) is 14.5. The molecule has 0 saturated carbocycles. The third kappa shape index (κ3) is 7.39. The topological polar surface area (TPSA) is 0 Å². The molecular weight excluding hydrogens is 227 g/mol. The maximum absolute atomic E-state index is 2.21. The fourth-order valence-electron chi connectivity index (χ4n) is 0.920. The minimum atomic E-state index is 1.11. The Kier molecular flexibility index (Phi) is 9.62. The molecule has 0 aromatic heterocycles. The molecule has 0 radical (unpaired) electrons. The van der Waals surface area contributed by atoms with Gasteiger partial charge in [0.15, 0.2) is 0 Å². The summed E-state index contributed by atoms with van der Waals surface area (Å²) < 4.78 is 2.89. The minimum absolute atomic E-state index is 1.11. The van der Waals surface area contributed by atoms with Gasteiger partial charge in [0.1, 0.15) is 0 Å². The zero-order valence-corrected chi connectivity index (χ0v) is 11.2. The molecule has 0 aliphatic carbocycles. The van der Waals surface area contributed by atoms with Crippen molar-refractivity contribution >= 4 is 0 Å². The fourth-order valence-corrected chi connectivity index (χ4v) is 2.03. The van der Waals surface area contributed by atoms with E-state index in [1.807, 2.05) is 13.8 Å². The molecule has 0 unspecified atom stereocenters. The third-order valence-electron chi connectivity index (χ3n) is 1.75. The maximum atomic E-state index is 2.21. The summed E-state index contributed by atoms with van der Waals surface area (Å²) in [4.78, 5) is 0. The Morgan fingerprint density at radius 2 is 1.27 bits per heavy atom. The van der Waals surface area contributed by atoms with Gasteiger partial charge in [0.25, 0.3) is 0 Å². The summed E-state index contributed by atoms with van der Waals surface area (Å²) in [6.07, 6.45) is 15.0. The van der Waals surface area contributed by atoms with Crippen molar-refractivity contribution in [2.75, 3.05) is 0 Å². The van der Waals surface area contributed by atoms with E-state index in [-0.39, 0.29) is 0 Å². The predicted octanol–water partition coefficient (Wildman–Crippen LogP) is 4.81. The van der Waals surface area contributed by atoms with Crippen LogP contribution in [-0.4, -0.2) is 0 Å². The second-order valence-electron chi connectivity index (χ2n) is 2.99. The van der Waals surface area contributed by atoms with Gasteiger partial charge in [-0.3, -0.25) is 0 Å². The van der Waals surface area contributed by atoms with Crippen LogP contribution in [0, 0.1) is 0 Å². The molecular formula is C14H22Ni. The van der Waals surface area contributed by atoms with Gasteiger partial charge in [-0.15, -0.1) is 0 Å². The molecule has 0 bridgehead atoms. The number of hydrogen-bond acceptors (Lipinski definition) is 0. The van der Waals surface area contributed by atoms with Gasteiger partial charge in [-0.05, 0) is 0 Å². The van der Waals surface area contributed by atoms with E-state index in [1.165, 1.54) is 9.09 Å². The van der Waals surface area contributed by atoms with Crippen molar-refractivity contribution in [2.24, 2.45) is 0 Å². The van der Waals surface area contributed by atoms with Gasteiger partial charge in [0, 0.05) is 0 Å². The van der Waals surface area contributed by atoms with Gasteiger partial charge in [-0.2, -0.15) is 0 Å². The van der Waals surface area contributed by atoms with Crippen molar-refractivity contribution in [3.8, 4) is 0 Å². The third-order valence-corrected chi connectivity index (χ3v) is 3.42. The summed E-state index contributed by atoms with van der Waals surface area (Å²) in [5, 5.41) is 0. The van der Waals surface area contributed by atoms with Crippen LogP contribution in [0.3, 0.4) is 0 Å². The van der Waals surface area contributed by atoms with Gasteiger partial charge in [0.2, 0.25) is 0 Å². The van der Waals surface area contributed by atoms with Gasteiger partial charge in [0.05, 0.1) is 0 Å². The van der Waals surface area contributed by atoms with E-state index in [4.69, 9.17) is 0 Å². The fraction of sp³-hybridized carbons (Fsp3) is 0.429. The van der Waals surface area contributed by atoms with Crippen LogP contribution in [0.15, 0.2) is 45.5 Å². The Morgan fingerprint density at radius 1 is 0.867 bits per heavy atom. The van der Waals surface area contributed by atoms with E-state index in [9.17, 15) is 0 Å². The van der Waals surface area contributed by atoms with Crippen LogP contribution >= 0.6 is 0 Å². The Bertz CT molecular complexity index is 239. The van der Waals surface area contributed by atoms with Crippen molar-refractivity contribution in [1.29, 1.82) is 0 Å². The summed E-state index contributed by atoms with van der Waals surface area (Å²) >= 11 is 1.70. The average Bonchev–Trinajstić information content (AvgIpc) is 2.28. The van der Waals surface area contributed by atoms with Crippen molar-refractivity contribution in [1.82, 2.24) is 0 Å². The van der Waals surface area contributed by atoms with Gasteiger partial charge < -0.3 is 0 Å². The molecule has 88 valence electrons. The summed E-state index contributed by atoms with van der Waals surface area (Å²) in [5.74, 6) is 0. The Labute approximate surface area is 101 Å². The summed E-state index contributed by atoms with van der Waals surface area (Å²) in [5.41, 5.74) is 0. The summed E-state index contributed by atoms with van der Waals surface area (Å²) in [7, 11) is 0. The molecule has 0 heterocycles. The van der Waals surface area contributed by atoms with Crippen molar-refractivity contribution in [2.45, 2.75) is 40.5 Å². The van der Waals surface area contributed by atoms with Gasteiger partial charge >= 0.3 is 101 Å². The van der Waals surface area contributed by atoms with E-state index in [2.05, 4.69) is 50.3 Å². The van der Waals surface area contributed by atoms with E-state index in [0.29, 0.717) is 0 Å². The molecule has 1 heteroatoms. The normalized spacial score (nSPS) is 14.7. The molecule has 0 saturated heterocycles. The number of hydrogen-bond donors (Lipinski definition) is 0. The Morgan fingerprint density at radius 3 is 1.53 bits per heavy atom. The van der Waals surface area contributed by atoms with Crippen LogP contribution in [0.2, 0.25) is 0 Å². The molecule has 0 aliphatic heterocycles. The number of rotatable bonds is 6. The zero-order chi connectivity index (χ0) is 11.5. The van der Waals surface area contributed by atoms with E-state index < -0.39 is 0 Å². The van der Waals surface area contributed by atoms with Crippen molar-refractivity contribution < 1.29 is 14.4 Å². The van der Waals surface area contributed by atoms with Crippen LogP contribution in [0.5, 0.6) is 0 Å². The molecule has 0 aliphatic rings. The first-order valence-corrected chi connectivity index (χ1v) is 6.49. The quantitative estimate of drug-likeness (QED) is 0.468. The predicted molar refractivity (Wildman–Crippen MR) is 66.4 cm³/mol. The molecule has 15 heavy (non-hydrogen) atoms. The SMILES string of the molecule is C/C=C/C=[C](\CC)[Ni]/[C](=C/C=C/C)CC. The molecule has 0 rings (SSSR count). The summed E-state index contributed by atoms with van der Waals surface area (Å²) in [6.45, 7) is 8.51. The first-order chi connectivity index (χ1) is 7.28. The van der Waals surface area contributed by atoms with Gasteiger partial charge in [-0.25, -0.2) is 0 Å². The van der Waals surface area contributed by atoms with Crippen molar-refractivity contribution in [3.63, 3.8) is 0 Å². The molecule has 0 fully saturated rings. The van der Waals surface area contributed by atoms with Crippen LogP contribution in [0.4, 0.5) is 0 Å². The van der Waals surface area contributed by atoms with Crippen LogP contribution in [-0.2, 0) is 14.4 Å². The van der Waals surface area contributed by atoms with Crippen LogP contribution in [0.25, 0.3) is 0 Å². The number of allylic oxidation sites excluding steroid dienone is 8. The van der Waals surface area contributed by atoms with Crippen LogP contribution in [0.1, 0.15) is 40.5 Å². The first-order valence-electron chi connectivity index (χ1n) is 5.50. The van der Waals surface area contributed by atoms with E-state index in [1.54, 1.807) is 14.4 Å². The molecule has 0 amide bonds. The molecule has 0 aromatic rings. The Hall–Kier alpha value is -0.546. The molecule has 0 aromatic carbocycles. The average molecular weight is 249 g/mol.